The summed E-state index contributed by atoms with van der Waals surface area (Å²) in [5, 5.41) is 19.1. The Kier molecular flexibility index (Phi) is 9.28. The number of aromatic nitrogens is 1. The summed E-state index contributed by atoms with van der Waals surface area (Å²) in [5.41, 5.74) is 2.12. The van der Waals surface area contributed by atoms with Crippen LogP contribution in [0.2, 0.25) is 0 Å². The van der Waals surface area contributed by atoms with E-state index in [0.717, 1.165) is 48.2 Å². The van der Waals surface area contributed by atoms with Gasteiger partial charge in [0, 0.05) is 30.6 Å². The van der Waals surface area contributed by atoms with Gasteiger partial charge in [-0.3, -0.25) is 0 Å². The molecule has 148 valence electrons. The van der Waals surface area contributed by atoms with Crippen molar-refractivity contribution in [3.8, 4) is 10.6 Å². The van der Waals surface area contributed by atoms with Crippen molar-refractivity contribution in [1.82, 2.24) is 15.6 Å². The van der Waals surface area contributed by atoms with Gasteiger partial charge in [0.25, 0.3) is 0 Å². The molecular formula is C21H32N4OS. The van der Waals surface area contributed by atoms with Crippen LogP contribution in [0.1, 0.15) is 39.3 Å². The van der Waals surface area contributed by atoms with Crippen molar-refractivity contribution in [1.29, 1.82) is 0 Å². The van der Waals surface area contributed by atoms with Crippen LogP contribution in [0.3, 0.4) is 0 Å². The Labute approximate surface area is 167 Å². The van der Waals surface area contributed by atoms with Gasteiger partial charge in [0.05, 0.1) is 12.2 Å². The normalized spacial score (nSPS) is 13.0. The monoisotopic (exact) mass is 388 g/mol. The fourth-order valence-electron chi connectivity index (χ4n) is 2.99. The van der Waals surface area contributed by atoms with Crippen LogP contribution < -0.4 is 10.6 Å². The number of rotatable bonds is 10. The lowest BCUT2D eigenvalue weighted by Gasteiger charge is -2.20. The molecule has 0 aliphatic carbocycles. The molecule has 1 aromatic heterocycles. The van der Waals surface area contributed by atoms with Crippen molar-refractivity contribution < 1.29 is 5.11 Å². The second kappa shape index (κ2) is 11.7. The Morgan fingerprint density at radius 3 is 2.67 bits per heavy atom. The maximum absolute atomic E-state index is 9.29. The summed E-state index contributed by atoms with van der Waals surface area (Å²) in [7, 11) is 0. The van der Waals surface area contributed by atoms with Crippen LogP contribution in [0.4, 0.5) is 0 Å². The summed E-state index contributed by atoms with van der Waals surface area (Å²) in [6.45, 7) is 8.91. The van der Waals surface area contributed by atoms with Crippen molar-refractivity contribution in [2.45, 2.75) is 40.2 Å². The average Bonchev–Trinajstić information content (AvgIpc) is 3.13. The Bertz CT molecular complexity index is 684. The second-order valence-corrected chi connectivity index (χ2v) is 7.95. The third-order valence-electron chi connectivity index (χ3n) is 4.22. The van der Waals surface area contributed by atoms with E-state index in [9.17, 15) is 5.11 Å². The van der Waals surface area contributed by atoms with Gasteiger partial charge in [-0.25, -0.2) is 9.98 Å². The number of aliphatic hydroxyl groups excluding tert-OH is 1. The molecule has 0 aliphatic heterocycles. The van der Waals surface area contributed by atoms with Crippen molar-refractivity contribution >= 4 is 17.3 Å². The van der Waals surface area contributed by atoms with Gasteiger partial charge >= 0.3 is 0 Å². The maximum Gasteiger partial charge on any atom is 0.191 e. The number of guanidine groups is 1. The molecule has 0 bridgehead atoms. The minimum absolute atomic E-state index is 0.230. The van der Waals surface area contributed by atoms with Gasteiger partial charge in [0.1, 0.15) is 5.01 Å². The standard InChI is InChI=1S/C21H32N4OS/c1-4-22-21(23-13-17(10-11-26)12-16(2)3)24-14-19-15-27-20(25-19)18-8-6-5-7-9-18/h5-9,15-17,26H,4,10-14H2,1-3H3,(H2,22,23,24). The number of benzene rings is 1. The largest absolute Gasteiger partial charge is 0.396 e. The van der Waals surface area contributed by atoms with Crippen molar-refractivity contribution in [2.75, 3.05) is 19.7 Å². The molecular weight excluding hydrogens is 356 g/mol. The molecule has 3 N–H and O–H groups in total. The van der Waals surface area contributed by atoms with E-state index in [0.29, 0.717) is 18.4 Å². The first-order chi connectivity index (χ1) is 13.1. The number of aliphatic hydroxyl groups is 1. The van der Waals surface area contributed by atoms with Crippen molar-refractivity contribution in [3.05, 3.63) is 41.4 Å². The molecule has 1 atom stereocenters. The minimum atomic E-state index is 0.230. The fraction of sp³-hybridized carbons (Fsp3) is 0.524. The van der Waals surface area contributed by atoms with Gasteiger partial charge < -0.3 is 15.7 Å². The zero-order valence-electron chi connectivity index (χ0n) is 16.6. The van der Waals surface area contributed by atoms with Crippen molar-refractivity contribution in [2.24, 2.45) is 16.8 Å². The Morgan fingerprint density at radius 1 is 1.22 bits per heavy atom. The third kappa shape index (κ3) is 7.69. The van der Waals surface area contributed by atoms with E-state index in [1.165, 1.54) is 0 Å². The molecule has 0 radical (unpaired) electrons. The number of hydrogen-bond acceptors (Lipinski definition) is 4. The Hall–Kier alpha value is -1.92. The van der Waals surface area contributed by atoms with E-state index in [-0.39, 0.29) is 6.61 Å². The molecule has 1 unspecified atom stereocenters. The lowest BCUT2D eigenvalue weighted by Crippen LogP contribution is -2.40. The summed E-state index contributed by atoms with van der Waals surface area (Å²) in [6.07, 6.45) is 1.91. The predicted molar refractivity (Wildman–Crippen MR) is 115 cm³/mol. The molecule has 2 rings (SSSR count). The molecule has 0 spiro atoms. The van der Waals surface area contributed by atoms with Crippen LogP contribution in [0, 0.1) is 11.8 Å². The molecule has 2 aromatic rings. The molecule has 0 amide bonds. The van der Waals surface area contributed by atoms with Crippen LogP contribution in [0.15, 0.2) is 40.7 Å². The first-order valence-corrected chi connectivity index (χ1v) is 10.6. The van der Waals surface area contributed by atoms with Crippen molar-refractivity contribution in [3.63, 3.8) is 0 Å². The molecule has 0 aliphatic rings. The van der Waals surface area contributed by atoms with Gasteiger partial charge in [-0.05, 0) is 31.6 Å². The van der Waals surface area contributed by atoms with E-state index in [4.69, 9.17) is 4.98 Å². The molecule has 27 heavy (non-hydrogen) atoms. The van der Waals surface area contributed by atoms with Crippen LogP contribution >= 0.6 is 11.3 Å². The zero-order valence-corrected chi connectivity index (χ0v) is 17.4. The number of thiazole rings is 1. The highest BCUT2D eigenvalue weighted by Crippen LogP contribution is 2.23. The topological polar surface area (TPSA) is 69.5 Å². The highest BCUT2D eigenvalue weighted by atomic mass is 32.1. The lowest BCUT2D eigenvalue weighted by atomic mass is 9.94. The van der Waals surface area contributed by atoms with Gasteiger partial charge in [0.15, 0.2) is 5.96 Å². The first kappa shape index (κ1) is 21.4. The number of nitrogens with zero attached hydrogens (tertiary/aromatic N) is 2. The zero-order chi connectivity index (χ0) is 19.5. The predicted octanol–water partition coefficient (Wildman–Crippen LogP) is 3.91. The van der Waals surface area contributed by atoms with E-state index < -0.39 is 0 Å². The maximum atomic E-state index is 9.29. The molecule has 5 nitrogen and oxygen atoms in total. The minimum Gasteiger partial charge on any atom is -0.396 e. The number of nitrogens with one attached hydrogen (secondary N) is 2. The van der Waals surface area contributed by atoms with E-state index in [1.807, 2.05) is 18.2 Å². The lowest BCUT2D eigenvalue weighted by molar-refractivity contribution is 0.243. The number of hydrogen-bond donors (Lipinski definition) is 3. The molecule has 0 saturated carbocycles. The van der Waals surface area contributed by atoms with E-state index in [2.05, 4.69) is 53.9 Å². The van der Waals surface area contributed by atoms with Gasteiger partial charge in [0.2, 0.25) is 0 Å². The summed E-state index contributed by atoms with van der Waals surface area (Å²) in [5.74, 6) is 1.87. The van der Waals surface area contributed by atoms with Gasteiger partial charge in [-0.15, -0.1) is 11.3 Å². The summed E-state index contributed by atoms with van der Waals surface area (Å²) < 4.78 is 0. The average molecular weight is 389 g/mol. The van der Waals surface area contributed by atoms with Crippen LogP contribution in [0.5, 0.6) is 0 Å². The van der Waals surface area contributed by atoms with E-state index in [1.54, 1.807) is 11.3 Å². The highest BCUT2D eigenvalue weighted by molar-refractivity contribution is 7.13. The van der Waals surface area contributed by atoms with E-state index >= 15 is 0 Å². The SMILES string of the molecule is CCNC(=NCc1csc(-c2ccccc2)n1)NCC(CCO)CC(C)C. The fourth-order valence-corrected chi connectivity index (χ4v) is 3.81. The summed E-state index contributed by atoms with van der Waals surface area (Å²) in [6, 6.07) is 10.2. The summed E-state index contributed by atoms with van der Waals surface area (Å²) in [4.78, 5) is 9.38. The van der Waals surface area contributed by atoms with Crippen LogP contribution in [0.25, 0.3) is 10.6 Å². The van der Waals surface area contributed by atoms with Gasteiger partial charge in [-0.1, -0.05) is 44.2 Å². The number of aliphatic imine (C=N–C) groups is 1. The molecule has 0 saturated heterocycles. The Morgan fingerprint density at radius 2 is 2.00 bits per heavy atom. The second-order valence-electron chi connectivity index (χ2n) is 7.09. The van der Waals surface area contributed by atoms with Crippen LogP contribution in [-0.2, 0) is 6.54 Å². The molecule has 0 fully saturated rings. The Balaban J connectivity index is 1.95. The molecule has 6 heteroatoms. The first-order valence-electron chi connectivity index (χ1n) is 9.75. The third-order valence-corrected chi connectivity index (χ3v) is 5.16. The quantitative estimate of drug-likeness (QED) is 0.426. The molecule has 1 aromatic carbocycles. The van der Waals surface area contributed by atoms with Crippen LogP contribution in [-0.4, -0.2) is 35.7 Å². The highest BCUT2D eigenvalue weighted by Gasteiger charge is 2.11. The summed E-state index contributed by atoms with van der Waals surface area (Å²) >= 11 is 1.65. The van der Waals surface area contributed by atoms with Gasteiger partial charge in [-0.2, -0.15) is 0 Å². The molecule has 1 heterocycles. The smallest absolute Gasteiger partial charge is 0.191 e.